The van der Waals surface area contributed by atoms with Gasteiger partial charge in [0.2, 0.25) is 0 Å². The first-order valence-corrected chi connectivity index (χ1v) is 8.76. The van der Waals surface area contributed by atoms with Crippen LogP contribution in [0, 0.1) is 20.2 Å². The molecule has 2 N–H and O–H groups in total. The summed E-state index contributed by atoms with van der Waals surface area (Å²) < 4.78 is 10.6. The van der Waals surface area contributed by atoms with E-state index in [0.717, 1.165) is 17.9 Å². The van der Waals surface area contributed by atoms with Crippen molar-refractivity contribution in [2.45, 2.75) is 6.54 Å². The van der Waals surface area contributed by atoms with Crippen LogP contribution in [0.25, 0.3) is 0 Å². The fourth-order valence-electron chi connectivity index (χ4n) is 2.77. The second-order valence-electron chi connectivity index (χ2n) is 6.12. The monoisotopic (exact) mass is 402 g/mol. The van der Waals surface area contributed by atoms with Crippen LogP contribution in [-0.2, 0) is 6.54 Å². The molecule has 0 aliphatic carbocycles. The smallest absolute Gasteiger partial charge is 0.270 e. The second-order valence-corrected chi connectivity index (χ2v) is 6.12. The number of carbonyl (C=O) groups is 1. The predicted octanol–water partition coefficient (Wildman–Crippen LogP) is 1.79. The Kier molecular flexibility index (Phi) is 6.19. The van der Waals surface area contributed by atoms with Crippen LogP contribution in [0.5, 0.6) is 11.5 Å². The second kappa shape index (κ2) is 8.97. The molecular formula is C18H18N4O7. The van der Waals surface area contributed by atoms with Crippen LogP contribution in [0.15, 0.2) is 36.4 Å². The van der Waals surface area contributed by atoms with E-state index in [-0.39, 0.29) is 22.8 Å². The molecule has 0 radical (unpaired) electrons. The number of carbonyl (C=O) groups excluding carboxylic acids is 1. The highest BCUT2D eigenvalue weighted by Crippen LogP contribution is 2.26. The summed E-state index contributed by atoms with van der Waals surface area (Å²) in [6, 6.07) is 8.64. The molecule has 0 unspecified atom stereocenters. The lowest BCUT2D eigenvalue weighted by molar-refractivity contribution is -0.385. The maximum atomic E-state index is 11.5. The number of nitro benzene ring substituents is 2. The van der Waals surface area contributed by atoms with Crippen molar-refractivity contribution in [3.63, 3.8) is 0 Å². The Morgan fingerprint density at radius 2 is 1.48 bits per heavy atom. The summed E-state index contributed by atoms with van der Waals surface area (Å²) in [6.07, 6.45) is 0. The first-order valence-electron chi connectivity index (χ1n) is 8.76. The summed E-state index contributed by atoms with van der Waals surface area (Å²) in [5.41, 5.74) is 1.05. The van der Waals surface area contributed by atoms with Gasteiger partial charge < -0.3 is 20.1 Å². The molecule has 0 bridgehead atoms. The molecule has 0 aromatic heterocycles. The van der Waals surface area contributed by atoms with E-state index in [2.05, 4.69) is 10.6 Å². The van der Waals surface area contributed by atoms with Gasteiger partial charge in [0.1, 0.15) is 24.7 Å². The molecule has 2 aliphatic heterocycles. The van der Waals surface area contributed by atoms with Gasteiger partial charge in [0.25, 0.3) is 17.3 Å². The normalized spacial score (nSPS) is 14.8. The first-order chi connectivity index (χ1) is 14.0. The van der Waals surface area contributed by atoms with Crippen molar-refractivity contribution in [1.82, 2.24) is 10.6 Å². The molecule has 0 fully saturated rings. The van der Waals surface area contributed by atoms with E-state index in [1.54, 1.807) is 12.1 Å². The third kappa shape index (κ3) is 4.96. The lowest BCUT2D eigenvalue weighted by Crippen LogP contribution is -2.24. The SMILES string of the molecule is O=C1NCCOc2ccc([N+](=O)[O-])cc21.O=[N+]([O-])c1ccc2c(c1)CNCCO2. The Hall–Kier alpha value is -3.73. The van der Waals surface area contributed by atoms with Gasteiger partial charge in [0.15, 0.2) is 0 Å². The zero-order valence-electron chi connectivity index (χ0n) is 15.3. The molecule has 0 saturated carbocycles. The Labute approximate surface area is 164 Å². The van der Waals surface area contributed by atoms with Crippen molar-refractivity contribution in [1.29, 1.82) is 0 Å². The van der Waals surface area contributed by atoms with E-state index >= 15 is 0 Å². The van der Waals surface area contributed by atoms with Crippen molar-refractivity contribution in [2.24, 2.45) is 0 Å². The number of nitrogens with zero attached hydrogens (tertiary/aromatic N) is 2. The lowest BCUT2D eigenvalue weighted by atomic mass is 10.1. The highest BCUT2D eigenvalue weighted by Gasteiger charge is 2.19. The topological polar surface area (TPSA) is 146 Å². The van der Waals surface area contributed by atoms with Gasteiger partial charge in [-0.3, -0.25) is 25.0 Å². The quantitative estimate of drug-likeness (QED) is 0.571. The molecule has 152 valence electrons. The van der Waals surface area contributed by atoms with Gasteiger partial charge in [-0.05, 0) is 12.1 Å². The first kappa shape index (κ1) is 20.0. The number of hydrogen-bond acceptors (Lipinski definition) is 8. The number of amides is 1. The standard InChI is InChI=1S/C9H8N2O4.C9H10N2O3/c12-9-7-5-6(11(13)14)1-2-8(7)15-4-3-10-9;12-11(13)8-1-2-9-7(5-8)6-10-3-4-14-9/h1-2,5H,3-4H2,(H,10,12);1-2,5,10H,3-4,6H2. The number of benzene rings is 2. The van der Waals surface area contributed by atoms with Crippen LogP contribution in [0.1, 0.15) is 15.9 Å². The summed E-state index contributed by atoms with van der Waals surface area (Å²) in [5.74, 6) is 0.780. The zero-order valence-corrected chi connectivity index (χ0v) is 15.3. The van der Waals surface area contributed by atoms with Gasteiger partial charge in [0, 0.05) is 42.9 Å². The van der Waals surface area contributed by atoms with Gasteiger partial charge in [-0.15, -0.1) is 0 Å². The van der Waals surface area contributed by atoms with Gasteiger partial charge in [0.05, 0.1) is 22.0 Å². The molecule has 2 aliphatic rings. The van der Waals surface area contributed by atoms with Crippen molar-refractivity contribution >= 4 is 17.3 Å². The molecule has 4 rings (SSSR count). The molecule has 1 amide bonds. The Morgan fingerprint density at radius 1 is 0.862 bits per heavy atom. The summed E-state index contributed by atoms with van der Waals surface area (Å²) in [4.78, 5) is 31.6. The van der Waals surface area contributed by atoms with E-state index in [0.29, 0.717) is 32.1 Å². The average molecular weight is 402 g/mol. The number of non-ortho nitro benzene ring substituents is 2. The Morgan fingerprint density at radius 3 is 2.21 bits per heavy atom. The lowest BCUT2D eigenvalue weighted by Gasteiger charge is -2.04. The molecule has 0 spiro atoms. The molecule has 0 saturated heterocycles. The minimum absolute atomic E-state index is 0.107. The van der Waals surface area contributed by atoms with Gasteiger partial charge in [-0.25, -0.2) is 0 Å². The van der Waals surface area contributed by atoms with Gasteiger partial charge in [-0.1, -0.05) is 0 Å². The van der Waals surface area contributed by atoms with Crippen LogP contribution < -0.4 is 20.1 Å². The zero-order chi connectivity index (χ0) is 20.8. The molecule has 2 aromatic carbocycles. The third-order valence-electron chi connectivity index (χ3n) is 4.17. The van der Waals surface area contributed by atoms with Crippen molar-refractivity contribution in [3.8, 4) is 11.5 Å². The van der Waals surface area contributed by atoms with E-state index in [1.165, 1.54) is 24.3 Å². The van der Waals surface area contributed by atoms with E-state index in [9.17, 15) is 25.0 Å². The summed E-state index contributed by atoms with van der Waals surface area (Å²) in [6.45, 7) is 2.77. The van der Waals surface area contributed by atoms with Crippen molar-refractivity contribution in [2.75, 3.05) is 26.3 Å². The maximum absolute atomic E-state index is 11.5. The number of nitrogens with one attached hydrogen (secondary N) is 2. The average Bonchev–Trinajstić information content (AvgIpc) is 3.06. The summed E-state index contributed by atoms with van der Waals surface area (Å²) >= 11 is 0. The molecule has 29 heavy (non-hydrogen) atoms. The van der Waals surface area contributed by atoms with Crippen molar-refractivity contribution < 1.29 is 24.1 Å². The van der Waals surface area contributed by atoms with Crippen LogP contribution in [-0.4, -0.2) is 42.1 Å². The summed E-state index contributed by atoms with van der Waals surface area (Å²) in [7, 11) is 0. The largest absolute Gasteiger partial charge is 0.492 e. The number of nitro groups is 2. The molecular weight excluding hydrogens is 384 g/mol. The van der Waals surface area contributed by atoms with E-state index in [1.807, 2.05) is 0 Å². The van der Waals surface area contributed by atoms with Crippen LogP contribution in [0.2, 0.25) is 0 Å². The minimum atomic E-state index is -0.543. The minimum Gasteiger partial charge on any atom is -0.492 e. The molecule has 2 aromatic rings. The fourth-order valence-corrected chi connectivity index (χ4v) is 2.77. The number of hydrogen-bond donors (Lipinski definition) is 2. The van der Waals surface area contributed by atoms with Crippen LogP contribution in [0.3, 0.4) is 0 Å². The highest BCUT2D eigenvalue weighted by atomic mass is 16.6. The fraction of sp³-hybridized carbons (Fsp3) is 0.278. The third-order valence-corrected chi connectivity index (χ3v) is 4.17. The maximum Gasteiger partial charge on any atom is 0.270 e. The predicted molar refractivity (Wildman–Crippen MR) is 101 cm³/mol. The number of rotatable bonds is 2. The van der Waals surface area contributed by atoms with Crippen LogP contribution >= 0.6 is 0 Å². The Balaban J connectivity index is 0.000000166. The molecule has 11 heteroatoms. The summed E-state index contributed by atoms with van der Waals surface area (Å²) in [5, 5.41) is 26.7. The van der Waals surface area contributed by atoms with E-state index < -0.39 is 9.85 Å². The van der Waals surface area contributed by atoms with Gasteiger partial charge in [-0.2, -0.15) is 0 Å². The van der Waals surface area contributed by atoms with Crippen molar-refractivity contribution in [3.05, 3.63) is 67.8 Å². The number of fused-ring (bicyclic) bond motifs is 2. The molecule has 2 heterocycles. The van der Waals surface area contributed by atoms with Crippen LogP contribution in [0.4, 0.5) is 11.4 Å². The highest BCUT2D eigenvalue weighted by molar-refractivity contribution is 5.97. The van der Waals surface area contributed by atoms with E-state index in [4.69, 9.17) is 9.47 Å². The van der Waals surface area contributed by atoms with Gasteiger partial charge >= 0.3 is 0 Å². The molecule has 11 nitrogen and oxygen atoms in total. The Bertz CT molecular complexity index is 948. The number of ether oxygens (including phenoxy) is 2. The molecule has 0 atom stereocenters.